The fourth-order valence-electron chi connectivity index (χ4n) is 3.25. The summed E-state index contributed by atoms with van der Waals surface area (Å²) in [7, 11) is 0. The number of carbonyl (C=O) groups excluding carboxylic acids is 1. The molecule has 3 aromatic rings. The average Bonchev–Trinajstić information content (AvgIpc) is 3.27. The lowest BCUT2D eigenvalue weighted by atomic mass is 10.0. The number of anilines is 1. The zero-order valence-corrected chi connectivity index (χ0v) is 19.3. The maximum absolute atomic E-state index is 13.2. The third-order valence-corrected chi connectivity index (χ3v) is 5.96. The Kier molecular flexibility index (Phi) is 7.95. The van der Waals surface area contributed by atoms with Crippen molar-refractivity contribution in [1.82, 2.24) is 10.3 Å². The number of carboxylic acids is 1. The summed E-state index contributed by atoms with van der Waals surface area (Å²) in [5.41, 5.74) is 2.97. The van der Waals surface area contributed by atoms with Crippen LogP contribution in [0.1, 0.15) is 29.8 Å². The Morgan fingerprint density at radius 1 is 1.18 bits per heavy atom. The van der Waals surface area contributed by atoms with Gasteiger partial charge in [0.05, 0.1) is 5.69 Å². The van der Waals surface area contributed by atoms with Gasteiger partial charge in [-0.15, -0.1) is 17.9 Å². The van der Waals surface area contributed by atoms with E-state index in [0.717, 1.165) is 22.0 Å². The summed E-state index contributed by atoms with van der Waals surface area (Å²) in [5, 5.41) is 14.6. The van der Waals surface area contributed by atoms with E-state index in [1.165, 1.54) is 23.5 Å². The minimum absolute atomic E-state index is 0.226. The Morgan fingerprint density at radius 2 is 1.85 bits per heavy atom. The standard InChI is InChI=1S/C25H26FN3O3S/c1-4-13-29(25-27-21(15-33-25)18-9-11-20(26)12-10-18)14-17-5-7-19(8-6-17)23(30)28-22(16(2)3)24(31)32/h4-12,15-16,22H,1,13-14H2,2-3H3,(H,28,30)(H,31,32). The van der Waals surface area contributed by atoms with Crippen LogP contribution in [0.4, 0.5) is 9.52 Å². The Bertz CT molecular complexity index is 1110. The molecule has 0 aliphatic rings. The van der Waals surface area contributed by atoms with E-state index in [4.69, 9.17) is 4.98 Å². The summed E-state index contributed by atoms with van der Waals surface area (Å²) in [4.78, 5) is 30.5. The van der Waals surface area contributed by atoms with Crippen LogP contribution >= 0.6 is 11.3 Å². The fourth-order valence-corrected chi connectivity index (χ4v) is 4.09. The van der Waals surface area contributed by atoms with Crippen molar-refractivity contribution < 1.29 is 19.1 Å². The Hall–Kier alpha value is -3.52. The quantitative estimate of drug-likeness (QED) is 0.411. The number of nitrogens with zero attached hydrogens (tertiary/aromatic N) is 2. The monoisotopic (exact) mass is 467 g/mol. The predicted octanol–water partition coefficient (Wildman–Crippen LogP) is 4.98. The number of amides is 1. The van der Waals surface area contributed by atoms with Gasteiger partial charge in [0.25, 0.3) is 5.91 Å². The van der Waals surface area contributed by atoms with Crippen LogP contribution in [0.15, 0.2) is 66.6 Å². The highest BCUT2D eigenvalue weighted by molar-refractivity contribution is 7.14. The van der Waals surface area contributed by atoms with Crippen LogP contribution in [-0.4, -0.2) is 34.6 Å². The molecule has 1 amide bonds. The van der Waals surface area contributed by atoms with Crippen molar-refractivity contribution in [3.8, 4) is 11.3 Å². The summed E-state index contributed by atoms with van der Waals surface area (Å²) in [6.45, 7) is 8.45. The van der Waals surface area contributed by atoms with E-state index in [2.05, 4.69) is 16.8 Å². The number of hydrogen-bond acceptors (Lipinski definition) is 5. The second-order valence-electron chi connectivity index (χ2n) is 7.92. The van der Waals surface area contributed by atoms with E-state index >= 15 is 0 Å². The molecule has 2 aromatic carbocycles. The number of nitrogens with one attached hydrogen (secondary N) is 1. The lowest BCUT2D eigenvalue weighted by Gasteiger charge is -2.20. The molecule has 0 radical (unpaired) electrons. The number of aromatic nitrogens is 1. The minimum Gasteiger partial charge on any atom is -0.480 e. The van der Waals surface area contributed by atoms with Crippen LogP contribution in [0, 0.1) is 11.7 Å². The SMILES string of the molecule is C=CCN(Cc1ccc(C(=O)NC(C(=O)O)C(C)C)cc1)c1nc(-c2ccc(F)cc2)cs1. The molecule has 1 aromatic heterocycles. The summed E-state index contributed by atoms with van der Waals surface area (Å²) >= 11 is 1.49. The number of rotatable bonds is 10. The van der Waals surface area contributed by atoms with Crippen molar-refractivity contribution >= 4 is 28.3 Å². The second-order valence-corrected chi connectivity index (χ2v) is 8.76. The summed E-state index contributed by atoms with van der Waals surface area (Å²) in [6, 6.07) is 12.3. The lowest BCUT2D eigenvalue weighted by molar-refractivity contribution is -0.140. The lowest BCUT2D eigenvalue weighted by Crippen LogP contribution is -2.44. The Morgan fingerprint density at radius 3 is 2.42 bits per heavy atom. The number of halogens is 1. The Labute approximate surface area is 196 Å². The van der Waals surface area contributed by atoms with Crippen molar-refractivity contribution in [2.75, 3.05) is 11.4 Å². The van der Waals surface area contributed by atoms with Crippen LogP contribution in [0.5, 0.6) is 0 Å². The molecule has 172 valence electrons. The largest absolute Gasteiger partial charge is 0.480 e. The zero-order valence-electron chi connectivity index (χ0n) is 18.5. The predicted molar refractivity (Wildman–Crippen MR) is 129 cm³/mol. The van der Waals surface area contributed by atoms with E-state index in [1.54, 1.807) is 44.2 Å². The highest BCUT2D eigenvalue weighted by Crippen LogP contribution is 2.28. The first-order valence-electron chi connectivity index (χ1n) is 10.5. The molecule has 2 N–H and O–H groups in total. The minimum atomic E-state index is -1.06. The van der Waals surface area contributed by atoms with Gasteiger partial charge in [0.15, 0.2) is 5.13 Å². The molecule has 6 nitrogen and oxygen atoms in total. The van der Waals surface area contributed by atoms with E-state index in [1.807, 2.05) is 17.5 Å². The third-order valence-electron chi connectivity index (χ3n) is 5.06. The molecule has 0 saturated heterocycles. The second kappa shape index (κ2) is 10.9. The smallest absolute Gasteiger partial charge is 0.326 e. The average molecular weight is 468 g/mol. The number of benzene rings is 2. The normalized spacial score (nSPS) is 11.8. The number of carbonyl (C=O) groups is 2. The molecule has 1 unspecified atom stereocenters. The molecule has 1 atom stereocenters. The first-order chi connectivity index (χ1) is 15.8. The van der Waals surface area contributed by atoms with E-state index < -0.39 is 17.9 Å². The van der Waals surface area contributed by atoms with Crippen molar-refractivity contribution in [1.29, 1.82) is 0 Å². The Balaban J connectivity index is 1.71. The molecular weight excluding hydrogens is 441 g/mol. The first kappa shape index (κ1) is 24.1. The van der Waals surface area contributed by atoms with Gasteiger partial charge >= 0.3 is 5.97 Å². The number of hydrogen-bond donors (Lipinski definition) is 2. The van der Waals surface area contributed by atoms with Crippen LogP contribution < -0.4 is 10.2 Å². The van der Waals surface area contributed by atoms with Gasteiger partial charge in [0.1, 0.15) is 11.9 Å². The highest BCUT2D eigenvalue weighted by Gasteiger charge is 2.24. The molecule has 0 fully saturated rings. The van der Waals surface area contributed by atoms with Crippen molar-refractivity contribution in [3.05, 3.63) is 83.5 Å². The van der Waals surface area contributed by atoms with Crippen LogP contribution in [0.3, 0.4) is 0 Å². The van der Waals surface area contributed by atoms with Gasteiger partial charge in [-0.2, -0.15) is 0 Å². The van der Waals surface area contributed by atoms with Crippen molar-refractivity contribution in [2.24, 2.45) is 5.92 Å². The third kappa shape index (κ3) is 6.26. The topological polar surface area (TPSA) is 82.5 Å². The van der Waals surface area contributed by atoms with Crippen molar-refractivity contribution in [2.45, 2.75) is 26.4 Å². The van der Waals surface area contributed by atoms with Crippen LogP contribution in [0.25, 0.3) is 11.3 Å². The molecule has 8 heteroatoms. The first-order valence-corrected chi connectivity index (χ1v) is 11.4. The molecular formula is C25H26FN3O3S. The zero-order chi connectivity index (χ0) is 24.0. The molecule has 0 bridgehead atoms. The summed E-state index contributed by atoms with van der Waals surface area (Å²) < 4.78 is 13.2. The molecule has 0 aliphatic heterocycles. The molecule has 1 heterocycles. The van der Waals surface area contributed by atoms with Gasteiger partial charge in [0, 0.05) is 29.6 Å². The van der Waals surface area contributed by atoms with E-state index in [0.29, 0.717) is 18.7 Å². The maximum atomic E-state index is 13.2. The number of carboxylic acid groups (broad SMARTS) is 1. The summed E-state index contributed by atoms with van der Waals surface area (Å²) in [5.74, 6) is -1.99. The fraction of sp³-hybridized carbons (Fsp3) is 0.240. The van der Waals surface area contributed by atoms with Gasteiger partial charge in [0.2, 0.25) is 0 Å². The highest BCUT2D eigenvalue weighted by atomic mass is 32.1. The van der Waals surface area contributed by atoms with Gasteiger partial charge in [-0.25, -0.2) is 14.2 Å². The van der Waals surface area contributed by atoms with Crippen LogP contribution in [0.2, 0.25) is 0 Å². The molecule has 33 heavy (non-hydrogen) atoms. The molecule has 3 rings (SSSR count). The van der Waals surface area contributed by atoms with Gasteiger partial charge in [-0.1, -0.05) is 32.1 Å². The van der Waals surface area contributed by atoms with E-state index in [-0.39, 0.29) is 11.7 Å². The van der Waals surface area contributed by atoms with Crippen molar-refractivity contribution in [3.63, 3.8) is 0 Å². The van der Waals surface area contributed by atoms with Gasteiger partial charge in [-0.3, -0.25) is 4.79 Å². The van der Waals surface area contributed by atoms with E-state index in [9.17, 15) is 19.1 Å². The maximum Gasteiger partial charge on any atom is 0.326 e. The van der Waals surface area contributed by atoms with Crippen LogP contribution in [-0.2, 0) is 11.3 Å². The molecule has 0 aliphatic carbocycles. The molecule has 0 saturated carbocycles. The van der Waals surface area contributed by atoms with Gasteiger partial charge in [-0.05, 0) is 47.9 Å². The molecule has 0 spiro atoms. The number of thiazole rings is 1. The number of aliphatic carboxylic acids is 1. The van der Waals surface area contributed by atoms with Gasteiger partial charge < -0.3 is 15.3 Å². The summed E-state index contributed by atoms with van der Waals surface area (Å²) in [6.07, 6.45) is 1.79.